The number of carbonyl (C=O) groups is 2. The third-order valence-corrected chi connectivity index (χ3v) is 20.8. The smallest absolute Gasteiger partial charge is 0.305 e. The van der Waals surface area contributed by atoms with E-state index in [4.69, 9.17) is 4.74 Å². The Kier molecular flexibility index (Phi) is 82.3. The first-order chi connectivity index (χ1) is 46.5. The highest BCUT2D eigenvalue weighted by atomic mass is 16.5. The summed E-state index contributed by atoms with van der Waals surface area (Å²) in [5.74, 6) is -0.00286. The second-order valence-electron chi connectivity index (χ2n) is 30.2. The minimum absolute atomic E-state index is 0.0229. The van der Waals surface area contributed by atoms with Crippen molar-refractivity contribution in [3.63, 3.8) is 0 Å². The van der Waals surface area contributed by atoms with Gasteiger partial charge in [0.15, 0.2) is 0 Å². The first kappa shape index (κ1) is 92.3. The first-order valence-corrected chi connectivity index (χ1v) is 43.6. The van der Waals surface area contributed by atoms with Gasteiger partial charge in [0.25, 0.3) is 0 Å². The van der Waals surface area contributed by atoms with Crippen molar-refractivity contribution >= 4 is 11.9 Å². The maximum Gasteiger partial charge on any atom is 0.305 e. The average molecular weight is 1320 g/mol. The van der Waals surface area contributed by atoms with Crippen LogP contribution in [0.25, 0.3) is 0 Å². The molecule has 1 amide bonds. The summed E-state index contributed by atoms with van der Waals surface area (Å²) in [4.78, 5) is 24.7. The van der Waals surface area contributed by atoms with Gasteiger partial charge in [-0.15, -0.1) is 0 Å². The molecule has 558 valence electrons. The van der Waals surface area contributed by atoms with E-state index in [1.54, 1.807) is 0 Å². The van der Waals surface area contributed by atoms with Gasteiger partial charge in [-0.2, -0.15) is 0 Å². The summed E-state index contributed by atoms with van der Waals surface area (Å²) in [6.07, 6.45) is 109. The van der Waals surface area contributed by atoms with E-state index in [2.05, 4.69) is 43.5 Å². The van der Waals surface area contributed by atoms with Crippen LogP contribution in [0.3, 0.4) is 0 Å². The van der Waals surface area contributed by atoms with Gasteiger partial charge in [0, 0.05) is 12.8 Å². The Morgan fingerprint density at radius 3 is 0.809 bits per heavy atom. The lowest BCUT2D eigenvalue weighted by atomic mass is 10.0. The van der Waals surface area contributed by atoms with Crippen LogP contribution >= 0.6 is 0 Å². The Balaban J connectivity index is 3.36. The highest BCUT2D eigenvalue weighted by Crippen LogP contribution is 2.21. The van der Waals surface area contributed by atoms with Crippen LogP contribution in [-0.4, -0.2) is 47.4 Å². The molecule has 0 saturated carbocycles. The van der Waals surface area contributed by atoms with E-state index in [-0.39, 0.29) is 18.5 Å². The topological polar surface area (TPSA) is 95.9 Å². The molecule has 0 saturated heterocycles. The summed E-state index contributed by atoms with van der Waals surface area (Å²) in [7, 11) is 0. The van der Waals surface area contributed by atoms with Crippen molar-refractivity contribution in [2.75, 3.05) is 13.2 Å². The van der Waals surface area contributed by atoms with E-state index in [0.29, 0.717) is 25.9 Å². The molecule has 0 heterocycles. The van der Waals surface area contributed by atoms with Crippen molar-refractivity contribution in [2.24, 2.45) is 0 Å². The molecule has 0 aliphatic rings. The molecule has 3 N–H and O–H groups in total. The number of amides is 1. The first-order valence-electron chi connectivity index (χ1n) is 43.6. The quantitative estimate of drug-likeness (QED) is 0.0320. The molecular weight excluding hydrogens is 1150 g/mol. The molecule has 6 nitrogen and oxygen atoms in total. The molecule has 0 aromatic carbocycles. The van der Waals surface area contributed by atoms with Crippen LogP contribution < -0.4 is 5.32 Å². The van der Waals surface area contributed by atoms with Gasteiger partial charge in [0.05, 0.1) is 25.4 Å². The zero-order valence-electron chi connectivity index (χ0n) is 64.2. The van der Waals surface area contributed by atoms with E-state index in [9.17, 15) is 19.8 Å². The third-order valence-electron chi connectivity index (χ3n) is 20.8. The van der Waals surface area contributed by atoms with E-state index in [1.807, 2.05) is 0 Å². The molecular formula is C88H171NO5. The Bertz CT molecular complexity index is 1480. The number of aliphatic hydroxyl groups excluding tert-OH is 2. The monoisotopic (exact) mass is 1320 g/mol. The predicted molar refractivity (Wildman–Crippen MR) is 417 cm³/mol. The Morgan fingerprint density at radius 2 is 0.532 bits per heavy atom. The SMILES string of the molecule is CCCCCCCCCCCCCCCCCCCCCCCCCCCC(O)C(CO)NC(=O)CCCCCCCCCCCCCCCCCCC/C=C\C/C=C\CCCCCCCCCCCCCCCOC(=O)CCCCCCCCCCCCCCCCC. The fourth-order valence-corrected chi connectivity index (χ4v) is 14.1. The van der Waals surface area contributed by atoms with Gasteiger partial charge in [-0.25, -0.2) is 0 Å². The molecule has 0 aliphatic carbocycles. The number of ether oxygens (including phenoxy) is 1. The highest BCUT2D eigenvalue weighted by molar-refractivity contribution is 5.76. The van der Waals surface area contributed by atoms with Crippen LogP contribution in [0.1, 0.15) is 502 Å². The fourth-order valence-electron chi connectivity index (χ4n) is 14.1. The molecule has 94 heavy (non-hydrogen) atoms. The van der Waals surface area contributed by atoms with Crippen LogP contribution in [-0.2, 0) is 14.3 Å². The van der Waals surface area contributed by atoms with Crippen LogP contribution in [0.4, 0.5) is 0 Å². The summed E-state index contributed by atoms with van der Waals surface area (Å²) < 4.78 is 5.51. The second-order valence-corrected chi connectivity index (χ2v) is 30.2. The van der Waals surface area contributed by atoms with Crippen LogP contribution in [0.15, 0.2) is 24.3 Å². The summed E-state index contributed by atoms with van der Waals surface area (Å²) >= 11 is 0. The standard InChI is InChI=1S/C88H171NO5/c1-3-5-7-9-11-13-15-17-19-20-21-22-23-37-40-43-46-49-53-56-60-64-68-72-76-80-86(91)85(84-90)89-87(92)81-77-73-69-65-61-57-54-50-47-44-41-38-35-33-31-29-27-25-24-26-28-30-32-34-36-39-42-45-48-51-55-59-63-67-71-75-79-83-94-88(93)82-78-74-70-66-62-58-52-18-16-14-12-10-8-6-4-2/h24,26,30,32,85-86,90-91H,3-23,25,27-29,31,33-84H2,1-2H3,(H,89,92)/b26-24-,32-30-. The van der Waals surface area contributed by atoms with Crippen molar-refractivity contribution in [3.05, 3.63) is 24.3 Å². The second kappa shape index (κ2) is 83.8. The minimum atomic E-state index is -0.664. The summed E-state index contributed by atoms with van der Waals surface area (Å²) in [6.45, 7) is 5.02. The molecule has 0 aliphatic heterocycles. The maximum atomic E-state index is 12.6. The summed E-state index contributed by atoms with van der Waals surface area (Å²) in [6, 6.07) is -0.541. The number of aliphatic hydroxyl groups is 2. The zero-order valence-corrected chi connectivity index (χ0v) is 64.2. The molecule has 0 bridgehead atoms. The number of carbonyl (C=O) groups excluding carboxylic acids is 2. The normalized spacial score (nSPS) is 12.5. The van der Waals surface area contributed by atoms with Crippen molar-refractivity contribution in [2.45, 2.75) is 514 Å². The van der Waals surface area contributed by atoms with Crippen molar-refractivity contribution in [3.8, 4) is 0 Å². The highest BCUT2D eigenvalue weighted by Gasteiger charge is 2.20. The fraction of sp³-hybridized carbons (Fsp3) is 0.932. The van der Waals surface area contributed by atoms with Crippen LogP contribution in [0.2, 0.25) is 0 Å². The van der Waals surface area contributed by atoms with Gasteiger partial charge in [0.2, 0.25) is 5.91 Å². The van der Waals surface area contributed by atoms with E-state index in [0.717, 1.165) is 44.9 Å². The van der Waals surface area contributed by atoms with Crippen LogP contribution in [0, 0.1) is 0 Å². The average Bonchev–Trinajstić information content (AvgIpc) is 3.26. The third kappa shape index (κ3) is 79.3. The number of esters is 1. The van der Waals surface area contributed by atoms with E-state index in [1.165, 1.54) is 424 Å². The summed E-state index contributed by atoms with van der Waals surface area (Å²) in [5, 5.41) is 23.5. The molecule has 0 aromatic heterocycles. The van der Waals surface area contributed by atoms with Crippen LogP contribution in [0.5, 0.6) is 0 Å². The summed E-state index contributed by atoms with van der Waals surface area (Å²) in [5.41, 5.74) is 0. The van der Waals surface area contributed by atoms with Gasteiger partial charge in [0.1, 0.15) is 0 Å². The number of unbranched alkanes of at least 4 members (excludes halogenated alkanes) is 68. The number of hydrogen-bond donors (Lipinski definition) is 3. The lowest BCUT2D eigenvalue weighted by molar-refractivity contribution is -0.143. The molecule has 2 atom stereocenters. The predicted octanol–water partition coefficient (Wildman–Crippen LogP) is 29.2. The number of hydrogen-bond acceptors (Lipinski definition) is 5. The zero-order chi connectivity index (χ0) is 67.7. The molecule has 0 aromatic rings. The minimum Gasteiger partial charge on any atom is -0.466 e. The number of allylic oxidation sites excluding steroid dienone is 4. The molecule has 0 rings (SSSR count). The van der Waals surface area contributed by atoms with Crippen molar-refractivity contribution in [1.82, 2.24) is 5.32 Å². The molecule has 0 spiro atoms. The Morgan fingerprint density at radius 1 is 0.298 bits per heavy atom. The van der Waals surface area contributed by atoms with E-state index >= 15 is 0 Å². The lowest BCUT2D eigenvalue weighted by Gasteiger charge is -2.22. The van der Waals surface area contributed by atoms with Crippen molar-refractivity contribution < 1.29 is 24.5 Å². The molecule has 6 heteroatoms. The van der Waals surface area contributed by atoms with Gasteiger partial charge < -0.3 is 20.3 Å². The van der Waals surface area contributed by atoms with E-state index < -0.39 is 12.1 Å². The Hall–Kier alpha value is -1.66. The lowest BCUT2D eigenvalue weighted by Crippen LogP contribution is -2.45. The van der Waals surface area contributed by atoms with Gasteiger partial charge in [-0.3, -0.25) is 9.59 Å². The largest absolute Gasteiger partial charge is 0.466 e. The Labute approximate surface area is 590 Å². The number of rotatable bonds is 83. The van der Waals surface area contributed by atoms with Gasteiger partial charge >= 0.3 is 5.97 Å². The van der Waals surface area contributed by atoms with Gasteiger partial charge in [-0.05, 0) is 57.8 Å². The molecule has 0 fully saturated rings. The molecule has 0 radical (unpaired) electrons. The number of nitrogens with one attached hydrogen (secondary N) is 1. The maximum absolute atomic E-state index is 12.6. The van der Waals surface area contributed by atoms with Gasteiger partial charge in [-0.1, -0.05) is 456 Å². The molecule has 2 unspecified atom stereocenters. The van der Waals surface area contributed by atoms with Crippen molar-refractivity contribution in [1.29, 1.82) is 0 Å².